The van der Waals surface area contributed by atoms with Crippen molar-refractivity contribution in [2.24, 2.45) is 0 Å². The summed E-state index contributed by atoms with van der Waals surface area (Å²) in [6.07, 6.45) is 1.69. The van der Waals surface area contributed by atoms with E-state index in [2.05, 4.69) is 5.32 Å². The van der Waals surface area contributed by atoms with Gasteiger partial charge < -0.3 is 14.8 Å². The van der Waals surface area contributed by atoms with Gasteiger partial charge in [0, 0.05) is 5.02 Å². The summed E-state index contributed by atoms with van der Waals surface area (Å²) in [5, 5.41) is 3.08. The number of benzene rings is 2. The lowest BCUT2D eigenvalue weighted by atomic mass is 10.2. The molecule has 1 N–H and O–H groups in total. The van der Waals surface area contributed by atoms with E-state index in [-0.39, 0.29) is 11.7 Å². The van der Waals surface area contributed by atoms with Crippen molar-refractivity contribution in [1.29, 1.82) is 0 Å². The van der Waals surface area contributed by atoms with Crippen molar-refractivity contribution in [2.75, 3.05) is 7.11 Å². The zero-order valence-electron chi connectivity index (χ0n) is 13.4. The molecule has 0 aromatic heterocycles. The van der Waals surface area contributed by atoms with Gasteiger partial charge in [0.1, 0.15) is 4.32 Å². The van der Waals surface area contributed by atoms with Crippen molar-refractivity contribution < 1.29 is 19.1 Å². The maximum Gasteiger partial charge on any atom is 0.343 e. The second-order valence-electron chi connectivity index (χ2n) is 5.16. The van der Waals surface area contributed by atoms with Gasteiger partial charge >= 0.3 is 5.97 Å². The molecule has 2 aromatic carbocycles. The summed E-state index contributed by atoms with van der Waals surface area (Å²) in [5.41, 5.74) is 1.09. The van der Waals surface area contributed by atoms with Crippen LogP contribution in [0.25, 0.3) is 6.08 Å². The van der Waals surface area contributed by atoms with Crippen LogP contribution in [0.1, 0.15) is 15.9 Å². The quantitative estimate of drug-likeness (QED) is 0.358. The molecule has 8 heteroatoms. The lowest BCUT2D eigenvalue weighted by Crippen LogP contribution is -2.17. The molecular weight excluding hydrogens is 394 g/mol. The molecule has 0 aliphatic carbocycles. The number of esters is 1. The topological polar surface area (TPSA) is 64.6 Å². The number of halogens is 1. The van der Waals surface area contributed by atoms with Crippen molar-refractivity contribution in [3.8, 4) is 11.5 Å². The molecule has 1 fully saturated rings. The Labute approximate surface area is 164 Å². The molecule has 132 valence electrons. The average Bonchev–Trinajstić information content (AvgIpc) is 2.93. The zero-order chi connectivity index (χ0) is 18.7. The summed E-state index contributed by atoms with van der Waals surface area (Å²) in [7, 11) is 1.47. The molecule has 0 unspecified atom stereocenters. The van der Waals surface area contributed by atoms with Crippen LogP contribution in [0.5, 0.6) is 11.5 Å². The molecule has 1 amide bonds. The van der Waals surface area contributed by atoms with E-state index in [0.29, 0.717) is 25.6 Å². The molecule has 1 aliphatic heterocycles. The fourth-order valence-electron chi connectivity index (χ4n) is 2.18. The van der Waals surface area contributed by atoms with E-state index < -0.39 is 5.97 Å². The molecule has 1 saturated heterocycles. The Bertz CT molecular complexity index is 925. The number of rotatable bonds is 4. The van der Waals surface area contributed by atoms with Crippen molar-refractivity contribution in [3.05, 3.63) is 63.5 Å². The van der Waals surface area contributed by atoms with Crippen molar-refractivity contribution >= 4 is 57.9 Å². The highest BCUT2D eigenvalue weighted by atomic mass is 35.5. The third kappa shape index (κ3) is 4.24. The second-order valence-corrected chi connectivity index (χ2v) is 7.31. The number of methoxy groups -OCH3 is 1. The van der Waals surface area contributed by atoms with Crippen molar-refractivity contribution in [1.82, 2.24) is 5.32 Å². The lowest BCUT2D eigenvalue weighted by molar-refractivity contribution is -0.115. The molecule has 1 aliphatic rings. The molecule has 1 heterocycles. The Balaban J connectivity index is 1.82. The average molecular weight is 406 g/mol. The Hall–Kier alpha value is -2.35. The van der Waals surface area contributed by atoms with Gasteiger partial charge in [-0.15, -0.1) is 0 Å². The summed E-state index contributed by atoms with van der Waals surface area (Å²) < 4.78 is 11.1. The molecule has 3 rings (SSSR count). The first kappa shape index (κ1) is 18.4. The number of ether oxygens (including phenoxy) is 2. The summed E-state index contributed by atoms with van der Waals surface area (Å²) in [4.78, 5) is 24.5. The molecule has 26 heavy (non-hydrogen) atoms. The zero-order valence-corrected chi connectivity index (χ0v) is 15.8. The lowest BCUT2D eigenvalue weighted by Gasteiger charge is -2.10. The molecule has 5 nitrogen and oxygen atoms in total. The van der Waals surface area contributed by atoms with E-state index in [0.717, 1.165) is 5.56 Å². The fraction of sp³-hybridized carbons (Fsp3) is 0.0556. The smallest absolute Gasteiger partial charge is 0.343 e. The number of amides is 1. The van der Waals surface area contributed by atoms with E-state index in [9.17, 15) is 9.59 Å². The largest absolute Gasteiger partial charge is 0.493 e. The van der Waals surface area contributed by atoms with E-state index in [4.69, 9.17) is 33.3 Å². The molecular formula is C18H12ClNO4S2. The number of thioether (sulfide) groups is 1. The van der Waals surface area contributed by atoms with E-state index in [1.807, 2.05) is 0 Å². The Morgan fingerprint density at radius 1 is 1.19 bits per heavy atom. The highest BCUT2D eigenvalue weighted by molar-refractivity contribution is 8.26. The summed E-state index contributed by atoms with van der Waals surface area (Å²) in [6, 6.07) is 11.4. The van der Waals surface area contributed by atoms with Crippen LogP contribution < -0.4 is 14.8 Å². The first-order valence-electron chi connectivity index (χ1n) is 7.37. The van der Waals surface area contributed by atoms with Gasteiger partial charge in [0.25, 0.3) is 5.91 Å². The minimum Gasteiger partial charge on any atom is -0.493 e. The van der Waals surface area contributed by atoms with Crippen LogP contribution in [0, 0.1) is 0 Å². The van der Waals surface area contributed by atoms with Gasteiger partial charge in [0.2, 0.25) is 0 Å². The van der Waals surface area contributed by atoms with Gasteiger partial charge in [-0.25, -0.2) is 4.79 Å². The van der Waals surface area contributed by atoms with Crippen molar-refractivity contribution in [3.63, 3.8) is 0 Å². The van der Waals surface area contributed by atoms with Crippen LogP contribution in [0.15, 0.2) is 47.4 Å². The highest BCUT2D eigenvalue weighted by Gasteiger charge is 2.22. The number of nitrogens with one attached hydrogen (secondary N) is 1. The van der Waals surface area contributed by atoms with Gasteiger partial charge in [0.15, 0.2) is 11.5 Å². The SMILES string of the molecule is COc1cc(C=C2SC(=S)NC2=O)ccc1OC(=O)c1ccc(Cl)cc1. The third-order valence-electron chi connectivity index (χ3n) is 3.41. The number of carbonyl (C=O) groups excluding carboxylic acids is 2. The molecule has 0 bridgehead atoms. The fourth-order valence-corrected chi connectivity index (χ4v) is 3.35. The Kier molecular flexibility index (Phi) is 5.61. The standard InChI is InChI=1S/C18H12ClNO4S2/c1-23-14-8-10(9-15-16(21)20-18(25)26-15)2-7-13(14)24-17(22)11-3-5-12(19)6-4-11/h2-9H,1H3,(H,20,21,25). The number of hydrogen-bond donors (Lipinski definition) is 1. The number of hydrogen-bond acceptors (Lipinski definition) is 6. The first-order valence-corrected chi connectivity index (χ1v) is 8.97. The van der Waals surface area contributed by atoms with Gasteiger partial charge in [-0.05, 0) is 48.0 Å². The van der Waals surface area contributed by atoms with E-state index in [1.165, 1.54) is 18.9 Å². The minimum atomic E-state index is -0.526. The maximum atomic E-state index is 12.2. The van der Waals surface area contributed by atoms with Crippen LogP contribution in [0.4, 0.5) is 0 Å². The number of carbonyl (C=O) groups is 2. The number of thiocarbonyl (C=S) groups is 1. The predicted molar refractivity (Wildman–Crippen MR) is 106 cm³/mol. The van der Waals surface area contributed by atoms with Gasteiger partial charge in [-0.2, -0.15) is 0 Å². The summed E-state index contributed by atoms with van der Waals surface area (Å²) >= 11 is 12.0. The third-order valence-corrected chi connectivity index (χ3v) is 4.82. The van der Waals surface area contributed by atoms with E-state index in [1.54, 1.807) is 48.5 Å². The molecule has 0 atom stereocenters. The van der Waals surface area contributed by atoms with Gasteiger partial charge in [-0.3, -0.25) is 4.79 Å². The van der Waals surface area contributed by atoms with Crippen LogP contribution in [0.2, 0.25) is 5.02 Å². The molecule has 0 saturated carbocycles. The monoisotopic (exact) mass is 405 g/mol. The van der Waals surface area contributed by atoms with Crippen molar-refractivity contribution in [2.45, 2.75) is 0 Å². The van der Waals surface area contributed by atoms with E-state index >= 15 is 0 Å². The highest BCUT2D eigenvalue weighted by Crippen LogP contribution is 2.32. The molecule has 2 aromatic rings. The maximum absolute atomic E-state index is 12.2. The summed E-state index contributed by atoms with van der Waals surface area (Å²) in [6.45, 7) is 0. The van der Waals surface area contributed by atoms with Crippen LogP contribution >= 0.6 is 35.6 Å². The molecule has 0 spiro atoms. The van der Waals surface area contributed by atoms with Crippen LogP contribution in [-0.4, -0.2) is 23.3 Å². The van der Waals surface area contributed by atoms with Gasteiger partial charge in [0.05, 0.1) is 17.6 Å². The van der Waals surface area contributed by atoms with Gasteiger partial charge in [-0.1, -0.05) is 41.6 Å². The minimum absolute atomic E-state index is 0.239. The Morgan fingerprint density at radius 3 is 2.54 bits per heavy atom. The summed E-state index contributed by atoms with van der Waals surface area (Å²) in [5.74, 6) is -0.124. The normalized spacial score (nSPS) is 15.1. The second kappa shape index (κ2) is 7.90. The first-order chi connectivity index (χ1) is 12.5. The van der Waals surface area contributed by atoms with Crippen LogP contribution in [0.3, 0.4) is 0 Å². The van der Waals surface area contributed by atoms with Crippen LogP contribution in [-0.2, 0) is 4.79 Å². The Morgan fingerprint density at radius 2 is 1.92 bits per heavy atom. The predicted octanol–water partition coefficient (Wildman–Crippen LogP) is 4.06. The molecule has 0 radical (unpaired) electrons.